The summed E-state index contributed by atoms with van der Waals surface area (Å²) in [6, 6.07) is 12.4. The van der Waals surface area contributed by atoms with Gasteiger partial charge in [-0.1, -0.05) is 0 Å². The molecule has 2 aromatic carbocycles. The van der Waals surface area contributed by atoms with E-state index >= 15 is 0 Å². The van der Waals surface area contributed by atoms with E-state index in [1.807, 2.05) is 0 Å². The largest absolute Gasteiger partial charge is 0.436 e. The normalized spacial score (nSPS) is 10.7. The molecule has 0 bridgehead atoms. The first-order valence-corrected chi connectivity index (χ1v) is 6.16. The molecule has 3 N–H and O–H groups in total. The third kappa shape index (κ3) is 2.09. The standard InChI is InChI=1S/C15H13N3O2/c1-17-14(19)9-2-4-10(5-3-9)15-18-12-8-11(16)6-7-13(12)20-15/h2-8H,16H2,1H3,(H,17,19). The first-order chi connectivity index (χ1) is 9.67. The molecule has 0 aliphatic heterocycles. The summed E-state index contributed by atoms with van der Waals surface area (Å²) < 4.78 is 5.67. The number of fused-ring (bicyclic) bond motifs is 1. The Morgan fingerprint density at radius 2 is 1.95 bits per heavy atom. The van der Waals surface area contributed by atoms with Crippen LogP contribution in [-0.2, 0) is 0 Å². The third-order valence-electron chi connectivity index (χ3n) is 3.03. The average molecular weight is 267 g/mol. The molecule has 0 saturated heterocycles. The summed E-state index contributed by atoms with van der Waals surface area (Å²) >= 11 is 0. The highest BCUT2D eigenvalue weighted by atomic mass is 16.3. The van der Waals surface area contributed by atoms with Crippen LogP contribution in [0.2, 0.25) is 0 Å². The molecule has 0 spiro atoms. The summed E-state index contributed by atoms with van der Waals surface area (Å²) in [4.78, 5) is 15.9. The topological polar surface area (TPSA) is 81.2 Å². The van der Waals surface area contributed by atoms with Crippen molar-refractivity contribution in [2.75, 3.05) is 12.8 Å². The Balaban J connectivity index is 2.00. The van der Waals surface area contributed by atoms with E-state index in [4.69, 9.17) is 10.2 Å². The molecule has 0 saturated carbocycles. The maximum absolute atomic E-state index is 11.5. The molecule has 100 valence electrons. The van der Waals surface area contributed by atoms with E-state index in [0.29, 0.717) is 22.7 Å². The van der Waals surface area contributed by atoms with Gasteiger partial charge in [0.15, 0.2) is 5.58 Å². The summed E-state index contributed by atoms with van der Waals surface area (Å²) in [5, 5.41) is 2.58. The number of aromatic nitrogens is 1. The van der Waals surface area contributed by atoms with Crippen molar-refractivity contribution in [1.29, 1.82) is 0 Å². The predicted molar refractivity (Wildman–Crippen MR) is 77.2 cm³/mol. The highest BCUT2D eigenvalue weighted by Crippen LogP contribution is 2.25. The summed E-state index contributed by atoms with van der Waals surface area (Å²) in [6.07, 6.45) is 0. The third-order valence-corrected chi connectivity index (χ3v) is 3.03. The van der Waals surface area contributed by atoms with Crippen molar-refractivity contribution in [3.8, 4) is 11.5 Å². The van der Waals surface area contributed by atoms with Crippen LogP contribution >= 0.6 is 0 Å². The number of amides is 1. The van der Waals surface area contributed by atoms with Gasteiger partial charge in [0.1, 0.15) is 5.52 Å². The molecule has 0 aliphatic rings. The second-order valence-electron chi connectivity index (χ2n) is 4.40. The minimum Gasteiger partial charge on any atom is -0.436 e. The molecule has 5 nitrogen and oxygen atoms in total. The van der Waals surface area contributed by atoms with Crippen LogP contribution in [0.5, 0.6) is 0 Å². The van der Waals surface area contributed by atoms with Crippen LogP contribution in [0.4, 0.5) is 5.69 Å². The number of hydrogen-bond donors (Lipinski definition) is 2. The minimum atomic E-state index is -0.123. The zero-order valence-electron chi connectivity index (χ0n) is 10.9. The number of oxazole rings is 1. The van der Waals surface area contributed by atoms with E-state index in [1.54, 1.807) is 49.5 Å². The van der Waals surface area contributed by atoms with E-state index < -0.39 is 0 Å². The number of benzene rings is 2. The van der Waals surface area contributed by atoms with Crippen LogP contribution in [0, 0.1) is 0 Å². The lowest BCUT2D eigenvalue weighted by atomic mass is 10.1. The number of hydrogen-bond acceptors (Lipinski definition) is 4. The van der Waals surface area contributed by atoms with Gasteiger partial charge in [-0.15, -0.1) is 0 Å². The van der Waals surface area contributed by atoms with E-state index in [9.17, 15) is 4.79 Å². The van der Waals surface area contributed by atoms with Gasteiger partial charge in [0.25, 0.3) is 5.91 Å². The van der Waals surface area contributed by atoms with Crippen LogP contribution in [0.15, 0.2) is 46.9 Å². The van der Waals surface area contributed by atoms with E-state index in [1.165, 1.54) is 0 Å². The number of carbonyl (C=O) groups is 1. The van der Waals surface area contributed by atoms with Gasteiger partial charge in [0, 0.05) is 23.9 Å². The molecule has 20 heavy (non-hydrogen) atoms. The molecule has 0 unspecified atom stereocenters. The predicted octanol–water partition coefficient (Wildman–Crippen LogP) is 2.44. The van der Waals surface area contributed by atoms with E-state index in [2.05, 4.69) is 10.3 Å². The van der Waals surface area contributed by atoms with Gasteiger partial charge < -0.3 is 15.5 Å². The van der Waals surface area contributed by atoms with Gasteiger partial charge in [0.2, 0.25) is 5.89 Å². The summed E-state index contributed by atoms with van der Waals surface area (Å²) in [5.41, 5.74) is 9.17. The Morgan fingerprint density at radius 1 is 1.20 bits per heavy atom. The Bertz CT molecular complexity index is 775. The molecule has 1 amide bonds. The molecule has 0 aliphatic carbocycles. The second kappa shape index (κ2) is 4.70. The van der Waals surface area contributed by atoms with E-state index in [-0.39, 0.29) is 5.91 Å². The first-order valence-electron chi connectivity index (χ1n) is 6.16. The zero-order valence-corrected chi connectivity index (χ0v) is 10.9. The molecule has 0 radical (unpaired) electrons. The summed E-state index contributed by atoms with van der Waals surface area (Å²) in [5.74, 6) is 0.385. The molecule has 5 heteroatoms. The first kappa shape index (κ1) is 12.2. The van der Waals surface area contributed by atoms with Crippen molar-refractivity contribution in [2.45, 2.75) is 0 Å². The summed E-state index contributed by atoms with van der Waals surface area (Å²) in [7, 11) is 1.60. The van der Waals surface area contributed by atoms with Gasteiger partial charge in [-0.25, -0.2) is 4.98 Å². The van der Waals surface area contributed by atoms with Crippen LogP contribution < -0.4 is 11.1 Å². The number of carbonyl (C=O) groups excluding carboxylic acids is 1. The highest BCUT2D eigenvalue weighted by Gasteiger charge is 2.09. The molecule has 1 aromatic heterocycles. The average Bonchev–Trinajstić information content (AvgIpc) is 2.89. The van der Waals surface area contributed by atoms with Crippen molar-refractivity contribution >= 4 is 22.7 Å². The van der Waals surface area contributed by atoms with Gasteiger partial charge >= 0.3 is 0 Å². The number of nitrogens with one attached hydrogen (secondary N) is 1. The SMILES string of the molecule is CNC(=O)c1ccc(-c2nc3cc(N)ccc3o2)cc1. The van der Waals surface area contributed by atoms with Crippen LogP contribution in [0.25, 0.3) is 22.6 Å². The molecule has 3 aromatic rings. The number of nitrogens with two attached hydrogens (primary N) is 1. The van der Waals surface area contributed by atoms with Crippen LogP contribution in [-0.4, -0.2) is 17.9 Å². The molecular formula is C15H13N3O2. The molecule has 0 fully saturated rings. The van der Waals surface area contributed by atoms with Gasteiger partial charge in [-0.2, -0.15) is 0 Å². The minimum absolute atomic E-state index is 0.123. The molecule has 0 atom stereocenters. The van der Waals surface area contributed by atoms with Gasteiger partial charge in [-0.05, 0) is 42.5 Å². The van der Waals surface area contributed by atoms with Gasteiger partial charge in [-0.3, -0.25) is 4.79 Å². The maximum Gasteiger partial charge on any atom is 0.251 e. The Kier molecular flexibility index (Phi) is 2.87. The van der Waals surface area contributed by atoms with Crippen molar-refractivity contribution in [2.24, 2.45) is 0 Å². The number of rotatable bonds is 2. The number of anilines is 1. The second-order valence-corrected chi connectivity index (χ2v) is 4.40. The Morgan fingerprint density at radius 3 is 2.65 bits per heavy atom. The lowest BCUT2D eigenvalue weighted by Crippen LogP contribution is -2.17. The monoisotopic (exact) mass is 267 g/mol. The van der Waals surface area contributed by atoms with Crippen LogP contribution in [0.1, 0.15) is 10.4 Å². The van der Waals surface area contributed by atoms with Crippen LogP contribution in [0.3, 0.4) is 0 Å². The fraction of sp³-hybridized carbons (Fsp3) is 0.0667. The lowest BCUT2D eigenvalue weighted by Gasteiger charge is -2.00. The fourth-order valence-corrected chi connectivity index (χ4v) is 1.98. The van der Waals surface area contributed by atoms with Crippen molar-refractivity contribution < 1.29 is 9.21 Å². The quantitative estimate of drug-likeness (QED) is 0.699. The van der Waals surface area contributed by atoms with Gasteiger partial charge in [0.05, 0.1) is 0 Å². The zero-order chi connectivity index (χ0) is 14.1. The number of nitrogen functional groups attached to an aromatic ring is 1. The summed E-state index contributed by atoms with van der Waals surface area (Å²) in [6.45, 7) is 0. The molecular weight excluding hydrogens is 254 g/mol. The number of nitrogens with zero attached hydrogens (tertiary/aromatic N) is 1. The lowest BCUT2D eigenvalue weighted by molar-refractivity contribution is 0.0963. The van der Waals surface area contributed by atoms with E-state index in [0.717, 1.165) is 11.1 Å². The van der Waals surface area contributed by atoms with Crippen molar-refractivity contribution in [3.63, 3.8) is 0 Å². The molecule has 1 heterocycles. The Labute approximate surface area is 115 Å². The highest BCUT2D eigenvalue weighted by molar-refractivity contribution is 5.94. The fourth-order valence-electron chi connectivity index (χ4n) is 1.98. The Hall–Kier alpha value is -2.82. The smallest absolute Gasteiger partial charge is 0.251 e. The maximum atomic E-state index is 11.5. The van der Waals surface area contributed by atoms with Crippen molar-refractivity contribution in [3.05, 3.63) is 48.0 Å². The molecule has 3 rings (SSSR count). The van der Waals surface area contributed by atoms with Crippen molar-refractivity contribution in [1.82, 2.24) is 10.3 Å².